The highest BCUT2D eigenvalue weighted by Gasteiger charge is 2.29. The lowest BCUT2D eigenvalue weighted by molar-refractivity contribution is 0.494. The molecule has 5 heteroatoms. The van der Waals surface area contributed by atoms with Crippen molar-refractivity contribution in [2.45, 2.75) is 33.6 Å². The average Bonchev–Trinajstić information content (AvgIpc) is 2.68. The molecule has 1 aromatic heterocycles. The van der Waals surface area contributed by atoms with Crippen LogP contribution in [0.4, 0.5) is 11.6 Å². The number of anilines is 2. The third-order valence-electron chi connectivity index (χ3n) is 3.86. The molecule has 0 radical (unpaired) electrons. The Bertz CT molecular complexity index is 408. The van der Waals surface area contributed by atoms with Crippen LogP contribution < -0.4 is 16.2 Å². The van der Waals surface area contributed by atoms with E-state index in [1.165, 1.54) is 0 Å². The number of rotatable bonds is 3. The van der Waals surface area contributed by atoms with Gasteiger partial charge in [0.05, 0.1) is 0 Å². The highest BCUT2D eigenvalue weighted by molar-refractivity contribution is 5.60. The van der Waals surface area contributed by atoms with Gasteiger partial charge in [0.25, 0.3) is 0 Å². The molecule has 1 aliphatic rings. The summed E-state index contributed by atoms with van der Waals surface area (Å²) in [6, 6.07) is 0. The second-order valence-corrected chi connectivity index (χ2v) is 5.62. The first-order valence-corrected chi connectivity index (χ1v) is 6.61. The maximum atomic E-state index is 5.55. The van der Waals surface area contributed by atoms with Crippen LogP contribution in [-0.2, 0) is 0 Å². The SMILES string of the molecule is CC(C)c1c(NN)ncnc1N1CC(C)C(C)C1. The van der Waals surface area contributed by atoms with Crippen LogP contribution in [0.15, 0.2) is 6.33 Å². The van der Waals surface area contributed by atoms with E-state index in [1.807, 2.05) is 0 Å². The lowest BCUT2D eigenvalue weighted by atomic mass is 10.0. The Morgan fingerprint density at radius 3 is 2.39 bits per heavy atom. The van der Waals surface area contributed by atoms with Crippen LogP contribution >= 0.6 is 0 Å². The van der Waals surface area contributed by atoms with E-state index in [9.17, 15) is 0 Å². The smallest absolute Gasteiger partial charge is 0.148 e. The van der Waals surface area contributed by atoms with E-state index in [0.29, 0.717) is 17.8 Å². The van der Waals surface area contributed by atoms with Crippen molar-refractivity contribution in [3.63, 3.8) is 0 Å². The molecular formula is C13H23N5. The van der Waals surface area contributed by atoms with E-state index >= 15 is 0 Å². The zero-order valence-electron chi connectivity index (χ0n) is 11.6. The van der Waals surface area contributed by atoms with Gasteiger partial charge in [-0.15, -0.1) is 0 Å². The molecule has 1 aromatic rings. The monoisotopic (exact) mass is 249 g/mol. The molecule has 3 N–H and O–H groups in total. The number of nitrogens with one attached hydrogen (secondary N) is 1. The van der Waals surface area contributed by atoms with Crippen LogP contribution in [0.1, 0.15) is 39.2 Å². The van der Waals surface area contributed by atoms with Gasteiger partial charge in [0.2, 0.25) is 0 Å². The highest BCUT2D eigenvalue weighted by atomic mass is 15.3. The average molecular weight is 249 g/mol. The van der Waals surface area contributed by atoms with Crippen LogP contribution in [-0.4, -0.2) is 23.1 Å². The quantitative estimate of drug-likeness (QED) is 0.633. The van der Waals surface area contributed by atoms with Gasteiger partial charge in [-0.3, -0.25) is 0 Å². The van der Waals surface area contributed by atoms with Gasteiger partial charge < -0.3 is 10.3 Å². The predicted molar refractivity (Wildman–Crippen MR) is 74.5 cm³/mol. The van der Waals surface area contributed by atoms with Crippen molar-refractivity contribution in [1.29, 1.82) is 0 Å². The van der Waals surface area contributed by atoms with Crippen LogP contribution in [0.2, 0.25) is 0 Å². The molecule has 0 aromatic carbocycles. The Morgan fingerprint density at radius 1 is 1.28 bits per heavy atom. The number of hydrogen-bond donors (Lipinski definition) is 2. The summed E-state index contributed by atoms with van der Waals surface area (Å²) in [5, 5.41) is 0. The van der Waals surface area contributed by atoms with E-state index in [-0.39, 0.29) is 0 Å². The Kier molecular flexibility index (Phi) is 3.71. The van der Waals surface area contributed by atoms with Crippen LogP contribution in [0.25, 0.3) is 0 Å². The van der Waals surface area contributed by atoms with Crippen LogP contribution in [0, 0.1) is 11.8 Å². The van der Waals surface area contributed by atoms with Crippen molar-refractivity contribution in [2.24, 2.45) is 17.7 Å². The molecule has 18 heavy (non-hydrogen) atoms. The molecule has 2 rings (SSSR count). The Hall–Kier alpha value is -1.36. The highest BCUT2D eigenvalue weighted by Crippen LogP contribution is 2.34. The summed E-state index contributed by atoms with van der Waals surface area (Å²) in [6.07, 6.45) is 1.59. The second-order valence-electron chi connectivity index (χ2n) is 5.62. The summed E-state index contributed by atoms with van der Waals surface area (Å²) in [5.41, 5.74) is 3.80. The molecule has 1 fully saturated rings. The fourth-order valence-corrected chi connectivity index (χ4v) is 2.59. The minimum absolute atomic E-state index is 0.346. The second kappa shape index (κ2) is 5.10. The standard InChI is InChI=1S/C13H23N5/c1-8(2)11-12(17-14)15-7-16-13(11)18-5-9(3)10(4)6-18/h7-10H,5-6,14H2,1-4H3,(H,15,16,17). The predicted octanol–water partition coefficient (Wildman–Crippen LogP) is 1.98. The van der Waals surface area contributed by atoms with Crippen LogP contribution in [0.3, 0.4) is 0 Å². The molecule has 0 aliphatic carbocycles. The maximum Gasteiger partial charge on any atom is 0.148 e. The van der Waals surface area contributed by atoms with Gasteiger partial charge in [-0.2, -0.15) is 0 Å². The minimum atomic E-state index is 0.346. The van der Waals surface area contributed by atoms with Crippen molar-refractivity contribution < 1.29 is 0 Å². The van der Waals surface area contributed by atoms with Crippen molar-refractivity contribution in [1.82, 2.24) is 9.97 Å². The molecule has 0 saturated carbocycles. The lowest BCUT2D eigenvalue weighted by Gasteiger charge is -2.23. The van der Waals surface area contributed by atoms with Gasteiger partial charge in [0.1, 0.15) is 18.0 Å². The third kappa shape index (κ3) is 2.27. The fraction of sp³-hybridized carbons (Fsp3) is 0.692. The van der Waals surface area contributed by atoms with Gasteiger partial charge in [-0.1, -0.05) is 27.7 Å². The van der Waals surface area contributed by atoms with Crippen molar-refractivity contribution in [2.75, 3.05) is 23.4 Å². The maximum absolute atomic E-state index is 5.55. The number of nitrogens with zero attached hydrogens (tertiary/aromatic N) is 3. The molecule has 0 bridgehead atoms. The first-order chi connectivity index (χ1) is 8.54. The van der Waals surface area contributed by atoms with Gasteiger partial charge in [-0.25, -0.2) is 15.8 Å². The number of hydrogen-bond acceptors (Lipinski definition) is 5. The molecular weight excluding hydrogens is 226 g/mol. The van der Waals surface area contributed by atoms with E-state index in [0.717, 1.165) is 30.3 Å². The number of aromatic nitrogens is 2. The summed E-state index contributed by atoms with van der Waals surface area (Å²) in [5.74, 6) is 9.07. The van der Waals surface area contributed by atoms with Gasteiger partial charge in [0, 0.05) is 18.7 Å². The first kappa shape index (κ1) is 13.1. The fourth-order valence-electron chi connectivity index (χ4n) is 2.59. The summed E-state index contributed by atoms with van der Waals surface area (Å²) < 4.78 is 0. The van der Waals surface area contributed by atoms with Gasteiger partial charge in [0.15, 0.2) is 0 Å². The first-order valence-electron chi connectivity index (χ1n) is 6.61. The molecule has 1 saturated heterocycles. The minimum Gasteiger partial charge on any atom is -0.356 e. The molecule has 0 amide bonds. The zero-order valence-corrected chi connectivity index (χ0v) is 11.6. The third-order valence-corrected chi connectivity index (χ3v) is 3.86. The van der Waals surface area contributed by atoms with Gasteiger partial charge >= 0.3 is 0 Å². The van der Waals surface area contributed by atoms with E-state index in [1.54, 1.807) is 6.33 Å². The molecule has 2 unspecified atom stereocenters. The molecule has 2 atom stereocenters. The molecule has 1 aliphatic heterocycles. The van der Waals surface area contributed by atoms with E-state index in [4.69, 9.17) is 5.84 Å². The number of nitrogens with two attached hydrogens (primary N) is 1. The van der Waals surface area contributed by atoms with Crippen molar-refractivity contribution >= 4 is 11.6 Å². The molecule has 100 valence electrons. The molecule has 0 spiro atoms. The van der Waals surface area contributed by atoms with E-state index < -0.39 is 0 Å². The summed E-state index contributed by atoms with van der Waals surface area (Å²) in [7, 11) is 0. The summed E-state index contributed by atoms with van der Waals surface area (Å²) >= 11 is 0. The molecule has 2 heterocycles. The zero-order chi connectivity index (χ0) is 13.3. The normalized spacial score (nSPS) is 23.8. The van der Waals surface area contributed by atoms with E-state index in [2.05, 4.69) is 48.0 Å². The molecule has 5 nitrogen and oxygen atoms in total. The largest absolute Gasteiger partial charge is 0.356 e. The van der Waals surface area contributed by atoms with Crippen molar-refractivity contribution in [3.05, 3.63) is 11.9 Å². The lowest BCUT2D eigenvalue weighted by Crippen LogP contribution is -2.24. The van der Waals surface area contributed by atoms with Gasteiger partial charge in [-0.05, 0) is 17.8 Å². The number of nitrogen functional groups attached to an aromatic ring is 1. The topological polar surface area (TPSA) is 67.1 Å². The Balaban J connectivity index is 2.38. The Morgan fingerprint density at radius 2 is 1.89 bits per heavy atom. The summed E-state index contributed by atoms with van der Waals surface area (Å²) in [6.45, 7) is 11.0. The van der Waals surface area contributed by atoms with Crippen molar-refractivity contribution in [3.8, 4) is 0 Å². The van der Waals surface area contributed by atoms with Crippen LogP contribution in [0.5, 0.6) is 0 Å². The Labute approximate surface area is 109 Å². The summed E-state index contributed by atoms with van der Waals surface area (Å²) in [4.78, 5) is 11.0. The number of hydrazine groups is 1.